The quantitative estimate of drug-likeness (QED) is 0.371. The van der Waals surface area contributed by atoms with E-state index in [9.17, 15) is 0 Å². The second-order valence-corrected chi connectivity index (χ2v) is 1.78. The summed E-state index contributed by atoms with van der Waals surface area (Å²) in [5.74, 6) is 1.19. The Morgan fingerprint density at radius 2 is 2.33 bits per heavy atom. The molecule has 0 bridgehead atoms. The molecule has 0 saturated carbocycles. The van der Waals surface area contributed by atoms with Gasteiger partial charge in [0.1, 0.15) is 0 Å². The average Bonchev–Trinajstić information content (AvgIpc) is 1.76. The first-order valence-corrected chi connectivity index (χ1v) is 2.58. The van der Waals surface area contributed by atoms with E-state index in [0.717, 1.165) is 6.54 Å². The molecule has 1 rings (SSSR count). The molecule has 2 nitrogen and oxygen atoms in total. The molecule has 1 aliphatic heterocycles. The molecule has 1 saturated heterocycles. The molecule has 1 fully saturated rings. The van der Waals surface area contributed by atoms with Crippen LogP contribution in [-0.4, -0.2) is 12.3 Å². The Hall–Kier alpha value is 0.789. The maximum Gasteiger partial charge on any atom is 0.0231 e. The minimum absolute atomic E-state index is 0. The summed E-state index contributed by atoms with van der Waals surface area (Å²) < 4.78 is 0. The van der Waals surface area contributed by atoms with Gasteiger partial charge in [-0.25, -0.2) is 10.3 Å². The van der Waals surface area contributed by atoms with Crippen molar-refractivity contribution >= 4 is 11.9 Å². The zero-order valence-corrected chi connectivity index (χ0v) is 4.88. The van der Waals surface area contributed by atoms with Gasteiger partial charge in [-0.15, -0.1) is 0 Å². The van der Waals surface area contributed by atoms with Crippen molar-refractivity contribution in [3.63, 3.8) is 0 Å². The summed E-state index contributed by atoms with van der Waals surface area (Å²) in [6.07, 6.45) is 0. The first-order valence-electron chi connectivity index (χ1n) is 1.60. The van der Waals surface area contributed by atoms with Gasteiger partial charge in [0, 0.05) is 29.4 Å². The van der Waals surface area contributed by atoms with Crippen LogP contribution in [0.3, 0.4) is 0 Å². The second-order valence-electron chi connectivity index (χ2n) is 0.877. The molecule has 1 radical (unpaired) electrons. The van der Waals surface area contributed by atoms with Crippen LogP contribution in [0.4, 0.5) is 0 Å². The van der Waals surface area contributed by atoms with E-state index in [1.54, 1.807) is 11.9 Å². The van der Waals surface area contributed by atoms with Crippen molar-refractivity contribution in [2.45, 2.75) is 0 Å². The van der Waals surface area contributed by atoms with Crippen LogP contribution in [0.5, 0.6) is 0 Å². The SMILES string of the molecule is C1CSNN1.[Cu]. The van der Waals surface area contributed by atoms with Crippen molar-refractivity contribution in [1.82, 2.24) is 10.3 Å². The smallest absolute Gasteiger partial charge is 0.0231 e. The zero-order chi connectivity index (χ0) is 3.54. The molecule has 0 unspecified atom stereocenters. The van der Waals surface area contributed by atoms with E-state index in [0.29, 0.717) is 0 Å². The fourth-order valence-electron chi connectivity index (χ4n) is 0.255. The predicted molar refractivity (Wildman–Crippen MR) is 23.6 cm³/mol. The maximum absolute atomic E-state index is 2.94. The number of hydrazine groups is 1. The van der Waals surface area contributed by atoms with Gasteiger partial charge in [0.05, 0.1) is 0 Å². The van der Waals surface area contributed by atoms with Crippen LogP contribution < -0.4 is 10.3 Å². The molecule has 1 heterocycles. The van der Waals surface area contributed by atoms with Gasteiger partial charge < -0.3 is 0 Å². The number of nitrogens with one attached hydrogen (secondary N) is 2. The van der Waals surface area contributed by atoms with Gasteiger partial charge in [-0.3, -0.25) is 0 Å². The van der Waals surface area contributed by atoms with Gasteiger partial charge in [-0.05, 0) is 0 Å². The van der Waals surface area contributed by atoms with Crippen molar-refractivity contribution in [3.05, 3.63) is 0 Å². The average molecular weight is 154 g/mol. The van der Waals surface area contributed by atoms with Crippen molar-refractivity contribution in [2.24, 2.45) is 0 Å². The minimum Gasteiger partial charge on any atom is -0.247 e. The number of rotatable bonds is 0. The number of hydrogen-bond donors (Lipinski definition) is 2. The predicted octanol–water partition coefficient (Wildman–Crippen LogP) is -0.260. The molecule has 0 aromatic heterocycles. The fourth-order valence-corrected chi connectivity index (χ4v) is 0.765. The summed E-state index contributed by atoms with van der Waals surface area (Å²) in [6, 6.07) is 0. The van der Waals surface area contributed by atoms with Gasteiger partial charge in [0.2, 0.25) is 0 Å². The summed E-state index contributed by atoms with van der Waals surface area (Å²) in [7, 11) is 0. The van der Waals surface area contributed by atoms with Crippen LogP contribution in [0.15, 0.2) is 0 Å². The summed E-state index contributed by atoms with van der Waals surface area (Å²) in [5, 5.41) is 0. The molecule has 4 heteroatoms. The van der Waals surface area contributed by atoms with Crippen LogP contribution in [0.1, 0.15) is 0 Å². The Kier molecular flexibility index (Phi) is 4.48. The van der Waals surface area contributed by atoms with Gasteiger partial charge in [0.15, 0.2) is 0 Å². The molecular weight excluding hydrogens is 148 g/mol. The topological polar surface area (TPSA) is 24.1 Å². The van der Waals surface area contributed by atoms with E-state index in [-0.39, 0.29) is 17.1 Å². The normalized spacial score (nSPS) is 20.0. The zero-order valence-electron chi connectivity index (χ0n) is 3.12. The fraction of sp³-hybridized carbons (Fsp3) is 1.00. The molecule has 2 N–H and O–H groups in total. The van der Waals surface area contributed by atoms with E-state index >= 15 is 0 Å². The standard InChI is InChI=1S/C2H6N2S.Cu/c1-2-5-4-3-1;/h3-4H,1-2H2;. The van der Waals surface area contributed by atoms with E-state index in [4.69, 9.17) is 0 Å². The van der Waals surface area contributed by atoms with Crippen molar-refractivity contribution in [3.8, 4) is 0 Å². The van der Waals surface area contributed by atoms with Crippen LogP contribution in [0.2, 0.25) is 0 Å². The first-order chi connectivity index (χ1) is 2.50. The van der Waals surface area contributed by atoms with E-state index < -0.39 is 0 Å². The largest absolute Gasteiger partial charge is 0.247 e. The Morgan fingerprint density at radius 3 is 2.50 bits per heavy atom. The molecule has 0 aromatic rings. The minimum atomic E-state index is 0. The monoisotopic (exact) mass is 153 g/mol. The molecule has 0 spiro atoms. The first kappa shape index (κ1) is 6.79. The summed E-state index contributed by atoms with van der Waals surface area (Å²) >= 11 is 1.71. The number of hydrogen-bond acceptors (Lipinski definition) is 3. The van der Waals surface area contributed by atoms with Crippen LogP contribution >= 0.6 is 11.9 Å². The van der Waals surface area contributed by atoms with Crippen LogP contribution in [-0.2, 0) is 17.1 Å². The molecule has 0 aromatic carbocycles. The van der Waals surface area contributed by atoms with E-state index in [2.05, 4.69) is 10.3 Å². The Labute approximate surface area is 52.0 Å². The molecule has 0 amide bonds. The van der Waals surface area contributed by atoms with Gasteiger partial charge in [-0.1, -0.05) is 11.9 Å². The molecule has 41 valence electrons. The third-order valence-electron chi connectivity index (χ3n) is 0.473. The molecule has 1 aliphatic rings. The Bertz CT molecular complexity index is 23.1. The van der Waals surface area contributed by atoms with Crippen LogP contribution in [0.25, 0.3) is 0 Å². The van der Waals surface area contributed by atoms with Crippen molar-refractivity contribution in [1.29, 1.82) is 0 Å². The van der Waals surface area contributed by atoms with Gasteiger partial charge in [-0.2, -0.15) is 0 Å². The van der Waals surface area contributed by atoms with Crippen LogP contribution in [0, 0.1) is 0 Å². The van der Waals surface area contributed by atoms with E-state index in [1.165, 1.54) is 5.75 Å². The van der Waals surface area contributed by atoms with Gasteiger partial charge in [0.25, 0.3) is 0 Å². The maximum atomic E-state index is 2.94. The molecule has 6 heavy (non-hydrogen) atoms. The molecule has 0 aliphatic carbocycles. The second kappa shape index (κ2) is 3.96. The Morgan fingerprint density at radius 1 is 1.50 bits per heavy atom. The summed E-state index contributed by atoms with van der Waals surface area (Å²) in [6.45, 7) is 1.10. The van der Waals surface area contributed by atoms with Crippen molar-refractivity contribution in [2.75, 3.05) is 12.3 Å². The molecule has 0 atom stereocenters. The third-order valence-corrected chi connectivity index (χ3v) is 1.17. The molecular formula is C2H6CuN2S. The summed E-state index contributed by atoms with van der Waals surface area (Å²) in [5.41, 5.74) is 2.94. The van der Waals surface area contributed by atoms with E-state index in [1.807, 2.05) is 0 Å². The third kappa shape index (κ3) is 2.05. The van der Waals surface area contributed by atoms with Crippen molar-refractivity contribution < 1.29 is 17.1 Å². The Balaban J connectivity index is 0.000000250. The summed E-state index contributed by atoms with van der Waals surface area (Å²) in [4.78, 5) is 2.89. The van der Waals surface area contributed by atoms with Gasteiger partial charge >= 0.3 is 0 Å².